The predicted molar refractivity (Wildman–Crippen MR) is 74.0 cm³/mol. The summed E-state index contributed by atoms with van der Waals surface area (Å²) in [5.41, 5.74) is -1.83. The highest BCUT2D eigenvalue weighted by Gasteiger charge is 2.45. The highest BCUT2D eigenvalue weighted by molar-refractivity contribution is 5.80. The van der Waals surface area contributed by atoms with Gasteiger partial charge in [-0.1, -0.05) is 6.92 Å². The van der Waals surface area contributed by atoms with Crippen LogP contribution >= 0.6 is 0 Å². The normalized spacial score (nSPS) is 16.1. The maximum absolute atomic E-state index is 12.3. The molecule has 0 heterocycles. The summed E-state index contributed by atoms with van der Waals surface area (Å²) >= 11 is 0. The number of carbonyl (C=O) groups is 2. The average Bonchev–Trinajstić information content (AvgIpc) is 3.08. The summed E-state index contributed by atoms with van der Waals surface area (Å²) in [6.07, 6.45) is 3.01. The van der Waals surface area contributed by atoms with Crippen molar-refractivity contribution in [3.8, 4) is 0 Å². The third-order valence-corrected chi connectivity index (χ3v) is 4.23. The smallest absolute Gasteiger partial charge is 0.318 e. The fourth-order valence-electron chi connectivity index (χ4n) is 1.84. The Morgan fingerprint density at radius 3 is 2.16 bits per heavy atom. The maximum Gasteiger partial charge on any atom is 0.318 e. The number of carbonyl (C=O) groups excluding carboxylic acids is 1. The van der Waals surface area contributed by atoms with Gasteiger partial charge in [0.15, 0.2) is 0 Å². The first-order valence-corrected chi connectivity index (χ1v) is 6.95. The Morgan fingerprint density at radius 2 is 1.79 bits per heavy atom. The van der Waals surface area contributed by atoms with Crippen molar-refractivity contribution < 1.29 is 14.7 Å². The molecule has 110 valence electrons. The summed E-state index contributed by atoms with van der Waals surface area (Å²) in [5, 5.41) is 12.2. The lowest BCUT2D eigenvalue weighted by molar-refractivity contribution is -0.150. The first-order chi connectivity index (χ1) is 8.63. The third-order valence-electron chi connectivity index (χ3n) is 4.23. The van der Waals surface area contributed by atoms with Crippen molar-refractivity contribution in [2.24, 2.45) is 5.41 Å². The Hall–Kier alpha value is -1.26. The van der Waals surface area contributed by atoms with E-state index in [1.807, 2.05) is 11.8 Å². The number of rotatable bonds is 6. The first kappa shape index (κ1) is 15.8. The molecule has 1 aliphatic rings. The van der Waals surface area contributed by atoms with Crippen LogP contribution in [-0.4, -0.2) is 40.1 Å². The second-order valence-corrected chi connectivity index (χ2v) is 6.41. The van der Waals surface area contributed by atoms with Crippen LogP contribution in [0.15, 0.2) is 0 Å². The van der Waals surface area contributed by atoms with Crippen LogP contribution in [-0.2, 0) is 4.79 Å². The Labute approximate surface area is 115 Å². The van der Waals surface area contributed by atoms with E-state index < -0.39 is 16.9 Å². The zero-order valence-corrected chi connectivity index (χ0v) is 12.6. The summed E-state index contributed by atoms with van der Waals surface area (Å²) in [4.78, 5) is 25.5. The molecule has 0 unspecified atom stereocenters. The van der Waals surface area contributed by atoms with Crippen LogP contribution in [0.4, 0.5) is 4.79 Å². The molecular formula is C14H26N2O3. The number of carboxylic acid groups (broad SMARTS) is 1. The molecule has 0 spiro atoms. The van der Waals surface area contributed by atoms with Gasteiger partial charge in [0.25, 0.3) is 0 Å². The molecule has 0 saturated heterocycles. The second-order valence-electron chi connectivity index (χ2n) is 6.41. The van der Waals surface area contributed by atoms with E-state index in [-0.39, 0.29) is 6.03 Å². The molecule has 19 heavy (non-hydrogen) atoms. The summed E-state index contributed by atoms with van der Waals surface area (Å²) in [6, 6.07) is 0.187. The van der Waals surface area contributed by atoms with E-state index in [0.29, 0.717) is 6.04 Å². The van der Waals surface area contributed by atoms with Crippen molar-refractivity contribution >= 4 is 12.0 Å². The molecule has 5 heteroatoms. The second kappa shape index (κ2) is 5.39. The quantitative estimate of drug-likeness (QED) is 0.779. The minimum Gasteiger partial charge on any atom is -0.481 e. The summed E-state index contributed by atoms with van der Waals surface area (Å²) in [7, 11) is 0. The first-order valence-electron chi connectivity index (χ1n) is 6.95. The molecule has 2 amide bonds. The summed E-state index contributed by atoms with van der Waals surface area (Å²) < 4.78 is 0. The monoisotopic (exact) mass is 270 g/mol. The van der Waals surface area contributed by atoms with Crippen molar-refractivity contribution in [1.82, 2.24) is 10.2 Å². The van der Waals surface area contributed by atoms with E-state index in [0.717, 1.165) is 25.8 Å². The molecule has 0 atom stereocenters. The van der Waals surface area contributed by atoms with Gasteiger partial charge in [0.2, 0.25) is 0 Å². The molecule has 1 aliphatic carbocycles. The molecule has 0 aromatic carbocycles. The number of hydrogen-bond donors (Lipinski definition) is 2. The van der Waals surface area contributed by atoms with Gasteiger partial charge in [-0.05, 0) is 47.0 Å². The Morgan fingerprint density at radius 1 is 1.26 bits per heavy atom. The molecule has 2 N–H and O–H groups in total. The zero-order valence-electron chi connectivity index (χ0n) is 12.6. The summed E-state index contributed by atoms with van der Waals surface area (Å²) in [5.74, 6) is -0.911. The van der Waals surface area contributed by atoms with Crippen molar-refractivity contribution in [2.75, 3.05) is 6.54 Å². The van der Waals surface area contributed by atoms with E-state index >= 15 is 0 Å². The molecule has 0 aliphatic heterocycles. The van der Waals surface area contributed by atoms with Gasteiger partial charge in [0.05, 0.1) is 11.0 Å². The largest absolute Gasteiger partial charge is 0.481 e. The Kier molecular flexibility index (Phi) is 4.48. The molecule has 0 radical (unpaired) electrons. The van der Waals surface area contributed by atoms with Crippen LogP contribution in [0.1, 0.15) is 53.9 Å². The van der Waals surface area contributed by atoms with Crippen molar-refractivity contribution in [3.05, 3.63) is 0 Å². The minimum absolute atomic E-state index is 0.149. The number of nitrogens with one attached hydrogen (secondary N) is 1. The standard InChI is InChI=1S/C14H26N2O3/c1-6-9-16(10-7-8-10)12(19)15-14(4,5)13(2,3)11(17)18/h10H,6-9H2,1-5H3,(H,15,19)(H,17,18). The number of aliphatic carboxylic acids is 1. The number of nitrogens with zero attached hydrogens (tertiary/aromatic N) is 1. The van der Waals surface area contributed by atoms with Gasteiger partial charge in [-0.2, -0.15) is 0 Å². The van der Waals surface area contributed by atoms with Gasteiger partial charge in [-0.15, -0.1) is 0 Å². The number of amides is 2. The fourth-order valence-corrected chi connectivity index (χ4v) is 1.84. The van der Waals surface area contributed by atoms with E-state index in [2.05, 4.69) is 5.32 Å². The predicted octanol–water partition coefficient (Wildman–Crippen LogP) is 2.46. The van der Waals surface area contributed by atoms with Gasteiger partial charge < -0.3 is 15.3 Å². The molecule has 1 fully saturated rings. The lowest BCUT2D eigenvalue weighted by Crippen LogP contribution is -2.60. The van der Waals surface area contributed by atoms with Crippen LogP contribution in [0, 0.1) is 5.41 Å². The lowest BCUT2D eigenvalue weighted by Gasteiger charge is -2.40. The van der Waals surface area contributed by atoms with E-state index in [4.69, 9.17) is 0 Å². The van der Waals surface area contributed by atoms with Gasteiger partial charge in [-0.25, -0.2) is 4.79 Å². The molecule has 1 saturated carbocycles. The van der Waals surface area contributed by atoms with Crippen LogP contribution in [0.5, 0.6) is 0 Å². The third kappa shape index (κ3) is 3.39. The topological polar surface area (TPSA) is 69.6 Å². The SMILES string of the molecule is CCCN(C(=O)NC(C)(C)C(C)(C)C(=O)O)C1CC1. The van der Waals surface area contributed by atoms with Crippen LogP contribution in [0.25, 0.3) is 0 Å². The lowest BCUT2D eigenvalue weighted by atomic mass is 9.74. The van der Waals surface area contributed by atoms with Gasteiger partial charge in [0.1, 0.15) is 0 Å². The molecule has 1 rings (SSSR count). The van der Waals surface area contributed by atoms with Crippen molar-refractivity contribution in [3.63, 3.8) is 0 Å². The Balaban J connectivity index is 2.76. The molecular weight excluding hydrogens is 244 g/mol. The number of hydrogen-bond acceptors (Lipinski definition) is 2. The highest BCUT2D eigenvalue weighted by atomic mass is 16.4. The van der Waals surface area contributed by atoms with Crippen LogP contribution in [0.2, 0.25) is 0 Å². The number of urea groups is 1. The highest BCUT2D eigenvalue weighted by Crippen LogP contribution is 2.32. The Bertz CT molecular complexity index is 360. The van der Waals surface area contributed by atoms with E-state index in [9.17, 15) is 14.7 Å². The molecule has 0 bridgehead atoms. The van der Waals surface area contributed by atoms with Gasteiger partial charge >= 0.3 is 12.0 Å². The summed E-state index contributed by atoms with van der Waals surface area (Å²) in [6.45, 7) is 9.55. The molecule has 5 nitrogen and oxygen atoms in total. The van der Waals surface area contributed by atoms with E-state index in [1.165, 1.54) is 0 Å². The number of carboxylic acids is 1. The molecule has 0 aromatic heterocycles. The van der Waals surface area contributed by atoms with E-state index in [1.54, 1.807) is 27.7 Å². The van der Waals surface area contributed by atoms with Gasteiger partial charge in [-0.3, -0.25) is 4.79 Å². The van der Waals surface area contributed by atoms with Crippen molar-refractivity contribution in [2.45, 2.75) is 65.5 Å². The van der Waals surface area contributed by atoms with Crippen molar-refractivity contribution in [1.29, 1.82) is 0 Å². The zero-order chi connectivity index (χ0) is 14.8. The maximum atomic E-state index is 12.3. The fraction of sp³-hybridized carbons (Fsp3) is 0.857. The minimum atomic E-state index is -1.02. The van der Waals surface area contributed by atoms with Crippen LogP contribution in [0.3, 0.4) is 0 Å². The van der Waals surface area contributed by atoms with Gasteiger partial charge in [0, 0.05) is 12.6 Å². The average molecular weight is 270 g/mol. The molecule has 0 aromatic rings. The van der Waals surface area contributed by atoms with Crippen LogP contribution < -0.4 is 5.32 Å².